The Morgan fingerprint density at radius 3 is 2.86 bits per heavy atom. The van der Waals surface area contributed by atoms with Crippen LogP contribution in [0.4, 0.5) is 0 Å². The summed E-state index contributed by atoms with van der Waals surface area (Å²) in [6, 6.07) is 5.29. The average Bonchev–Trinajstić information content (AvgIpc) is 2.48. The minimum absolute atomic E-state index is 0.179. The molecule has 1 aromatic carbocycles. The maximum atomic E-state index is 12.4. The van der Waals surface area contributed by atoms with E-state index in [0.717, 1.165) is 43.4 Å². The summed E-state index contributed by atoms with van der Waals surface area (Å²) in [4.78, 5) is 0.315. The van der Waals surface area contributed by atoms with E-state index >= 15 is 0 Å². The van der Waals surface area contributed by atoms with Gasteiger partial charge in [-0.3, -0.25) is 0 Å². The number of hydrogen-bond acceptors (Lipinski definition) is 4. The molecular weight excluding hydrogens is 288 g/mol. The molecule has 21 heavy (non-hydrogen) atoms. The molecule has 1 fully saturated rings. The van der Waals surface area contributed by atoms with Crippen molar-refractivity contribution in [3.05, 3.63) is 29.3 Å². The number of hydrogen-bond donors (Lipinski definition) is 2. The summed E-state index contributed by atoms with van der Waals surface area (Å²) in [6.45, 7) is 3.31. The fraction of sp³-hybridized carbons (Fsp3) is 0.600. The van der Waals surface area contributed by atoms with Gasteiger partial charge < -0.3 is 10.5 Å². The monoisotopic (exact) mass is 312 g/mol. The molecule has 2 rings (SSSR count). The van der Waals surface area contributed by atoms with Crippen LogP contribution in [0.25, 0.3) is 0 Å². The molecule has 0 spiro atoms. The molecule has 1 atom stereocenters. The third-order valence-corrected chi connectivity index (χ3v) is 5.41. The number of rotatable bonds is 6. The number of nitrogens with two attached hydrogens (primary N) is 1. The molecule has 0 radical (unpaired) electrons. The molecule has 6 heteroatoms. The Morgan fingerprint density at radius 2 is 2.19 bits per heavy atom. The van der Waals surface area contributed by atoms with Crippen molar-refractivity contribution in [1.82, 2.24) is 4.72 Å². The SMILES string of the molecule is Cc1ccc(CN)cc1S(=O)(=O)NCCC1CCCCO1. The zero-order valence-corrected chi connectivity index (χ0v) is 13.3. The van der Waals surface area contributed by atoms with Crippen molar-refractivity contribution in [2.45, 2.75) is 50.2 Å². The summed E-state index contributed by atoms with van der Waals surface area (Å²) in [5, 5.41) is 0. The van der Waals surface area contributed by atoms with Crippen molar-refractivity contribution < 1.29 is 13.2 Å². The van der Waals surface area contributed by atoms with Gasteiger partial charge in [0.15, 0.2) is 0 Å². The first-order valence-electron chi connectivity index (χ1n) is 7.44. The maximum Gasteiger partial charge on any atom is 0.240 e. The predicted octanol–water partition coefficient (Wildman–Crippen LogP) is 1.69. The summed E-state index contributed by atoms with van der Waals surface area (Å²) in [5.41, 5.74) is 7.12. The molecule has 0 amide bonds. The molecule has 3 N–H and O–H groups in total. The Kier molecular flexibility index (Phi) is 5.75. The van der Waals surface area contributed by atoms with Gasteiger partial charge in [-0.1, -0.05) is 12.1 Å². The van der Waals surface area contributed by atoms with Crippen LogP contribution in [0.3, 0.4) is 0 Å². The molecule has 1 saturated heterocycles. The van der Waals surface area contributed by atoms with Gasteiger partial charge in [-0.05, 0) is 49.8 Å². The second kappa shape index (κ2) is 7.35. The molecule has 5 nitrogen and oxygen atoms in total. The lowest BCUT2D eigenvalue weighted by Crippen LogP contribution is -2.30. The number of nitrogens with one attached hydrogen (secondary N) is 1. The van der Waals surface area contributed by atoms with E-state index in [2.05, 4.69) is 4.72 Å². The van der Waals surface area contributed by atoms with Crippen LogP contribution in [-0.2, 0) is 21.3 Å². The summed E-state index contributed by atoms with van der Waals surface area (Å²) in [5.74, 6) is 0. The zero-order chi connectivity index (χ0) is 15.3. The van der Waals surface area contributed by atoms with Crippen LogP contribution < -0.4 is 10.5 Å². The van der Waals surface area contributed by atoms with E-state index in [9.17, 15) is 8.42 Å². The van der Waals surface area contributed by atoms with Crippen LogP contribution in [0.5, 0.6) is 0 Å². The van der Waals surface area contributed by atoms with E-state index in [1.807, 2.05) is 6.07 Å². The zero-order valence-electron chi connectivity index (χ0n) is 12.5. The van der Waals surface area contributed by atoms with Gasteiger partial charge in [0.05, 0.1) is 11.0 Å². The van der Waals surface area contributed by atoms with Crippen molar-refractivity contribution in [1.29, 1.82) is 0 Å². The number of sulfonamides is 1. The van der Waals surface area contributed by atoms with Crippen LogP contribution in [0, 0.1) is 6.92 Å². The van der Waals surface area contributed by atoms with E-state index in [0.29, 0.717) is 18.0 Å². The highest BCUT2D eigenvalue weighted by molar-refractivity contribution is 7.89. The van der Waals surface area contributed by atoms with E-state index in [1.54, 1.807) is 19.1 Å². The first-order valence-corrected chi connectivity index (χ1v) is 8.92. The lowest BCUT2D eigenvalue weighted by Gasteiger charge is -2.22. The lowest BCUT2D eigenvalue weighted by atomic mass is 10.1. The van der Waals surface area contributed by atoms with Crippen molar-refractivity contribution in [3.8, 4) is 0 Å². The third kappa shape index (κ3) is 4.51. The number of benzene rings is 1. The quantitative estimate of drug-likeness (QED) is 0.837. The minimum Gasteiger partial charge on any atom is -0.378 e. The third-order valence-electron chi connectivity index (χ3n) is 3.81. The summed E-state index contributed by atoms with van der Waals surface area (Å²) < 4.78 is 33.0. The Bertz CT molecular complexity index is 566. The minimum atomic E-state index is -3.49. The van der Waals surface area contributed by atoms with Crippen molar-refractivity contribution in [3.63, 3.8) is 0 Å². The van der Waals surface area contributed by atoms with Gasteiger partial charge >= 0.3 is 0 Å². The topological polar surface area (TPSA) is 81.4 Å². The fourth-order valence-corrected chi connectivity index (χ4v) is 3.87. The van der Waals surface area contributed by atoms with Crippen molar-refractivity contribution >= 4 is 10.0 Å². The molecule has 118 valence electrons. The van der Waals surface area contributed by atoms with E-state index in [4.69, 9.17) is 10.5 Å². The molecular formula is C15H24N2O3S. The first kappa shape index (κ1) is 16.4. The van der Waals surface area contributed by atoms with Gasteiger partial charge in [0.1, 0.15) is 0 Å². The highest BCUT2D eigenvalue weighted by atomic mass is 32.2. The molecule has 0 bridgehead atoms. The molecule has 0 saturated carbocycles. The highest BCUT2D eigenvalue weighted by Crippen LogP contribution is 2.18. The molecule has 1 unspecified atom stereocenters. The molecule has 0 aliphatic carbocycles. The normalized spacial score (nSPS) is 19.6. The maximum absolute atomic E-state index is 12.4. The van der Waals surface area contributed by atoms with E-state index in [1.165, 1.54) is 0 Å². The van der Waals surface area contributed by atoms with Crippen molar-refractivity contribution in [2.75, 3.05) is 13.2 Å². The Morgan fingerprint density at radius 1 is 1.38 bits per heavy atom. The molecule has 1 aliphatic rings. The van der Waals surface area contributed by atoms with Gasteiger partial charge in [-0.25, -0.2) is 13.1 Å². The smallest absolute Gasteiger partial charge is 0.240 e. The second-order valence-corrected chi connectivity index (χ2v) is 7.21. The van der Waals surface area contributed by atoms with Crippen LogP contribution in [0.2, 0.25) is 0 Å². The summed E-state index contributed by atoms with van der Waals surface area (Å²) in [7, 11) is -3.49. The van der Waals surface area contributed by atoms with E-state index < -0.39 is 10.0 Å². The highest BCUT2D eigenvalue weighted by Gasteiger charge is 2.19. The fourth-order valence-electron chi connectivity index (χ4n) is 2.53. The Hall–Kier alpha value is -0.950. The molecule has 1 heterocycles. The van der Waals surface area contributed by atoms with Gasteiger partial charge in [0, 0.05) is 19.7 Å². The standard InChI is InChI=1S/C15H24N2O3S/c1-12-5-6-13(11-16)10-15(12)21(18,19)17-8-7-14-4-2-3-9-20-14/h5-6,10,14,17H,2-4,7-9,11,16H2,1H3. The van der Waals surface area contributed by atoms with E-state index in [-0.39, 0.29) is 6.10 Å². The van der Waals surface area contributed by atoms with Crippen LogP contribution in [0.1, 0.15) is 36.8 Å². The van der Waals surface area contributed by atoms with Gasteiger partial charge in [0.25, 0.3) is 0 Å². The Balaban J connectivity index is 1.97. The Labute approximate surface area is 126 Å². The largest absolute Gasteiger partial charge is 0.378 e. The van der Waals surface area contributed by atoms with Gasteiger partial charge in [-0.2, -0.15) is 0 Å². The number of ether oxygens (including phenoxy) is 1. The average molecular weight is 312 g/mol. The molecule has 1 aromatic rings. The predicted molar refractivity (Wildman–Crippen MR) is 82.5 cm³/mol. The van der Waals surface area contributed by atoms with Crippen LogP contribution in [-0.4, -0.2) is 27.7 Å². The number of aryl methyl sites for hydroxylation is 1. The molecule has 1 aliphatic heterocycles. The first-order chi connectivity index (χ1) is 10.0. The summed E-state index contributed by atoms with van der Waals surface area (Å²) >= 11 is 0. The summed E-state index contributed by atoms with van der Waals surface area (Å²) in [6.07, 6.45) is 4.18. The van der Waals surface area contributed by atoms with Crippen molar-refractivity contribution in [2.24, 2.45) is 5.73 Å². The second-order valence-electron chi connectivity index (χ2n) is 5.48. The van der Waals surface area contributed by atoms with Crippen LogP contribution in [0.15, 0.2) is 23.1 Å². The van der Waals surface area contributed by atoms with Gasteiger partial charge in [0.2, 0.25) is 10.0 Å². The van der Waals surface area contributed by atoms with Crippen LogP contribution >= 0.6 is 0 Å². The van der Waals surface area contributed by atoms with Gasteiger partial charge in [-0.15, -0.1) is 0 Å². The lowest BCUT2D eigenvalue weighted by molar-refractivity contribution is 0.0123. The molecule has 0 aromatic heterocycles.